The van der Waals surface area contributed by atoms with Gasteiger partial charge in [-0.2, -0.15) is 0 Å². The summed E-state index contributed by atoms with van der Waals surface area (Å²) in [5.74, 6) is 0.506. The van der Waals surface area contributed by atoms with E-state index in [9.17, 15) is 9.18 Å². The van der Waals surface area contributed by atoms with Crippen LogP contribution in [0.5, 0.6) is 0 Å². The van der Waals surface area contributed by atoms with Crippen molar-refractivity contribution in [2.45, 2.75) is 72.3 Å². The second kappa shape index (κ2) is 12.0. The van der Waals surface area contributed by atoms with Crippen molar-refractivity contribution in [3.8, 4) is 11.1 Å². The molecular weight excluding hydrogens is 507 g/mol. The first kappa shape index (κ1) is 28.7. The number of nitrogens with zero attached hydrogens (tertiary/aromatic N) is 4. The number of likely N-dealkylation sites (tertiary alicyclic amines) is 1. The lowest BCUT2D eigenvalue weighted by molar-refractivity contribution is -0.0586. The Bertz CT molecular complexity index is 1340. The molecule has 0 bridgehead atoms. The van der Waals surface area contributed by atoms with Crippen molar-refractivity contribution in [2.75, 3.05) is 33.4 Å². The first-order valence-corrected chi connectivity index (χ1v) is 14.6. The first-order chi connectivity index (χ1) is 19.1. The topological polar surface area (TPSA) is 59.3 Å². The molecule has 4 heterocycles. The van der Waals surface area contributed by atoms with Crippen molar-refractivity contribution in [2.24, 2.45) is 11.8 Å². The number of fused-ring (bicyclic) bond motifs is 1. The minimum Gasteiger partial charge on any atom is -0.350 e. The maximum absolute atomic E-state index is 14.4. The molecule has 0 spiro atoms. The third-order valence-electron chi connectivity index (χ3n) is 8.63. The van der Waals surface area contributed by atoms with E-state index in [2.05, 4.69) is 41.1 Å². The van der Waals surface area contributed by atoms with Crippen molar-refractivity contribution < 1.29 is 18.7 Å². The van der Waals surface area contributed by atoms with Crippen molar-refractivity contribution in [3.63, 3.8) is 0 Å². The van der Waals surface area contributed by atoms with Gasteiger partial charge in [0.25, 0.3) is 5.91 Å². The molecule has 0 radical (unpaired) electrons. The van der Waals surface area contributed by atoms with Gasteiger partial charge in [0, 0.05) is 55.4 Å². The van der Waals surface area contributed by atoms with Crippen LogP contribution in [0.2, 0.25) is 0 Å². The molecule has 5 rings (SSSR count). The van der Waals surface area contributed by atoms with E-state index in [1.807, 2.05) is 26.2 Å². The predicted molar refractivity (Wildman–Crippen MR) is 155 cm³/mol. The van der Waals surface area contributed by atoms with Gasteiger partial charge in [0.15, 0.2) is 6.29 Å². The van der Waals surface area contributed by atoms with Crippen LogP contribution >= 0.6 is 0 Å². The predicted octanol–water partition coefficient (Wildman–Crippen LogP) is 5.58. The molecule has 216 valence electrons. The highest BCUT2D eigenvalue weighted by molar-refractivity contribution is 6.03. The number of benzene rings is 1. The minimum absolute atomic E-state index is 0.00307. The zero-order valence-corrected chi connectivity index (χ0v) is 24.7. The number of hydrogen-bond acceptors (Lipinski definition) is 5. The fourth-order valence-corrected chi connectivity index (χ4v) is 6.24. The molecule has 2 aliphatic heterocycles. The Balaban J connectivity index is 1.39. The van der Waals surface area contributed by atoms with E-state index >= 15 is 0 Å². The molecule has 2 fully saturated rings. The zero-order chi connectivity index (χ0) is 28.6. The summed E-state index contributed by atoms with van der Waals surface area (Å²) in [6.07, 6.45) is 6.61. The summed E-state index contributed by atoms with van der Waals surface area (Å²) in [5, 5.41) is 0. The molecule has 3 aromatic rings. The smallest absolute Gasteiger partial charge is 0.254 e. The fraction of sp³-hybridized carbons (Fsp3) is 0.562. The number of aryl methyl sites for hydroxylation is 1. The molecule has 1 amide bonds. The zero-order valence-electron chi connectivity index (χ0n) is 24.7. The molecule has 1 atom stereocenters. The lowest BCUT2D eigenvalue weighted by Gasteiger charge is -2.46. The highest BCUT2D eigenvalue weighted by Crippen LogP contribution is 2.35. The largest absolute Gasteiger partial charge is 0.350 e. The van der Waals surface area contributed by atoms with Gasteiger partial charge in [-0.15, -0.1) is 0 Å². The summed E-state index contributed by atoms with van der Waals surface area (Å²) in [6.45, 7) is 14.1. The minimum atomic E-state index is -0.414. The van der Waals surface area contributed by atoms with Crippen LogP contribution in [0.4, 0.5) is 4.39 Å². The maximum atomic E-state index is 14.4. The number of aromatic nitrogens is 2. The lowest BCUT2D eigenvalue weighted by Crippen LogP contribution is -2.54. The van der Waals surface area contributed by atoms with Crippen LogP contribution in [0.3, 0.4) is 0 Å². The number of carbonyl (C=O) groups excluding carboxylic acids is 1. The number of amides is 1. The molecule has 8 heteroatoms. The van der Waals surface area contributed by atoms with Gasteiger partial charge in [-0.3, -0.25) is 14.7 Å². The molecule has 0 aliphatic carbocycles. The molecule has 2 aromatic heterocycles. The molecule has 0 saturated carbocycles. The van der Waals surface area contributed by atoms with E-state index in [0.29, 0.717) is 36.7 Å². The van der Waals surface area contributed by atoms with E-state index in [4.69, 9.17) is 9.47 Å². The van der Waals surface area contributed by atoms with Gasteiger partial charge < -0.3 is 18.8 Å². The van der Waals surface area contributed by atoms with Crippen molar-refractivity contribution >= 4 is 11.4 Å². The number of carbonyl (C=O) groups is 1. The Morgan fingerprint density at radius 1 is 1.10 bits per heavy atom. The van der Waals surface area contributed by atoms with Crippen LogP contribution in [-0.2, 0) is 15.9 Å². The van der Waals surface area contributed by atoms with E-state index in [1.165, 1.54) is 17.8 Å². The van der Waals surface area contributed by atoms with E-state index in [-0.39, 0.29) is 18.2 Å². The Labute approximate surface area is 237 Å². The third kappa shape index (κ3) is 5.80. The van der Waals surface area contributed by atoms with Gasteiger partial charge in [0.05, 0.1) is 30.5 Å². The SMILES string of the molecule is Cc1cncc2c(-c3ccc(F)cc3C(=O)N(C)C(C)C)cc(CC3CN([C@@H](CCC4OCCO4)C(C)C)C3)n12. The average Bonchev–Trinajstić information content (AvgIpc) is 3.54. The number of ether oxygens (including phenoxy) is 2. The van der Waals surface area contributed by atoms with Crippen molar-refractivity contribution in [1.82, 2.24) is 19.2 Å². The summed E-state index contributed by atoms with van der Waals surface area (Å²) in [7, 11) is 1.76. The molecule has 0 N–H and O–H groups in total. The average molecular weight is 551 g/mol. The molecule has 7 nitrogen and oxygen atoms in total. The summed E-state index contributed by atoms with van der Waals surface area (Å²) in [4.78, 5) is 22.1. The first-order valence-electron chi connectivity index (χ1n) is 14.6. The Kier molecular flexibility index (Phi) is 8.59. The third-order valence-corrected chi connectivity index (χ3v) is 8.63. The van der Waals surface area contributed by atoms with Gasteiger partial charge >= 0.3 is 0 Å². The number of hydrogen-bond donors (Lipinski definition) is 0. The van der Waals surface area contributed by atoms with E-state index in [0.717, 1.165) is 54.7 Å². The standard InChI is InChI=1S/C32H43FN4O3/c1-20(2)29(9-10-31-39-11-12-40-31)36-18-23(19-36)13-25-15-27(30-17-34-16-22(5)37(25)30)26-8-7-24(33)14-28(26)32(38)35(6)21(3)4/h7-8,14-17,20-21,23,29,31H,9-13,18-19H2,1-6H3/t29-/m0/s1. The Morgan fingerprint density at radius 3 is 2.50 bits per heavy atom. The fourth-order valence-electron chi connectivity index (χ4n) is 6.24. The van der Waals surface area contributed by atoms with E-state index < -0.39 is 5.82 Å². The van der Waals surface area contributed by atoms with Gasteiger partial charge in [-0.25, -0.2) is 4.39 Å². The second-order valence-electron chi connectivity index (χ2n) is 12.1. The van der Waals surface area contributed by atoms with Crippen LogP contribution in [0.1, 0.15) is 62.3 Å². The van der Waals surface area contributed by atoms with Gasteiger partial charge in [0.1, 0.15) is 5.82 Å². The summed E-state index contributed by atoms with van der Waals surface area (Å²) >= 11 is 0. The molecule has 1 aromatic carbocycles. The normalized spacial score (nSPS) is 17.7. The molecule has 0 unspecified atom stereocenters. The summed E-state index contributed by atoms with van der Waals surface area (Å²) < 4.78 is 28.0. The van der Waals surface area contributed by atoms with Crippen LogP contribution < -0.4 is 0 Å². The summed E-state index contributed by atoms with van der Waals surface area (Å²) in [5.41, 5.74) is 5.21. The quantitative estimate of drug-likeness (QED) is 0.330. The molecule has 40 heavy (non-hydrogen) atoms. The van der Waals surface area contributed by atoms with Crippen molar-refractivity contribution in [1.29, 1.82) is 0 Å². The van der Waals surface area contributed by atoms with Gasteiger partial charge in [-0.05, 0) is 75.6 Å². The van der Waals surface area contributed by atoms with Crippen LogP contribution in [0, 0.1) is 24.6 Å². The summed E-state index contributed by atoms with van der Waals surface area (Å²) in [6, 6.07) is 7.23. The second-order valence-corrected chi connectivity index (χ2v) is 12.1. The molecule has 2 aliphatic rings. The monoisotopic (exact) mass is 550 g/mol. The van der Waals surface area contributed by atoms with Crippen LogP contribution in [0.15, 0.2) is 36.7 Å². The number of halogens is 1. The Hall–Kier alpha value is -2.81. The maximum Gasteiger partial charge on any atom is 0.254 e. The number of rotatable bonds is 10. The van der Waals surface area contributed by atoms with E-state index in [1.54, 1.807) is 18.0 Å². The highest BCUT2D eigenvalue weighted by atomic mass is 19.1. The van der Waals surface area contributed by atoms with Gasteiger partial charge in [0.2, 0.25) is 0 Å². The Morgan fingerprint density at radius 2 is 1.82 bits per heavy atom. The van der Waals surface area contributed by atoms with Crippen LogP contribution in [-0.4, -0.2) is 76.8 Å². The van der Waals surface area contributed by atoms with Crippen LogP contribution in [0.25, 0.3) is 16.6 Å². The highest BCUT2D eigenvalue weighted by Gasteiger charge is 2.35. The molecule has 2 saturated heterocycles. The van der Waals surface area contributed by atoms with Gasteiger partial charge in [-0.1, -0.05) is 19.9 Å². The van der Waals surface area contributed by atoms with Crippen molar-refractivity contribution in [3.05, 3.63) is 59.4 Å². The lowest BCUT2D eigenvalue weighted by atomic mass is 9.87. The molecular formula is C32H43FN4O3.